The molecular formula is C22H27FN4O3. The van der Waals surface area contributed by atoms with Crippen molar-refractivity contribution in [3.8, 4) is 0 Å². The van der Waals surface area contributed by atoms with Crippen LogP contribution in [0.25, 0.3) is 0 Å². The number of halogens is 1. The van der Waals surface area contributed by atoms with Gasteiger partial charge in [0.25, 0.3) is 0 Å². The van der Waals surface area contributed by atoms with Gasteiger partial charge in [-0.15, -0.1) is 0 Å². The number of carbonyl (C=O) groups excluding carboxylic acids is 2. The van der Waals surface area contributed by atoms with E-state index < -0.39 is 0 Å². The molecule has 2 fully saturated rings. The lowest BCUT2D eigenvalue weighted by atomic mass is 9.92. The highest BCUT2D eigenvalue weighted by Gasteiger charge is 2.34. The van der Waals surface area contributed by atoms with Crippen molar-refractivity contribution in [3.63, 3.8) is 0 Å². The van der Waals surface area contributed by atoms with Crippen LogP contribution < -0.4 is 0 Å². The fourth-order valence-electron chi connectivity index (χ4n) is 4.41. The molecule has 0 unspecified atom stereocenters. The quantitative estimate of drug-likeness (QED) is 0.769. The van der Waals surface area contributed by atoms with Gasteiger partial charge in [0.15, 0.2) is 5.82 Å². The van der Waals surface area contributed by atoms with Crippen LogP contribution in [0.1, 0.15) is 48.9 Å². The molecule has 4 rings (SSSR count). The van der Waals surface area contributed by atoms with Crippen molar-refractivity contribution in [1.29, 1.82) is 0 Å². The normalized spacial score (nSPS) is 22.2. The topological polar surface area (TPSA) is 79.5 Å². The molecule has 0 N–H and O–H groups in total. The highest BCUT2D eigenvalue weighted by molar-refractivity contribution is 5.82. The summed E-state index contributed by atoms with van der Waals surface area (Å²) < 4.78 is 18.4. The first-order valence-corrected chi connectivity index (χ1v) is 10.6. The monoisotopic (exact) mass is 414 g/mol. The lowest BCUT2D eigenvalue weighted by Crippen LogP contribution is -2.49. The summed E-state index contributed by atoms with van der Waals surface area (Å²) in [6.07, 6.45) is 3.66. The van der Waals surface area contributed by atoms with E-state index in [9.17, 15) is 14.0 Å². The van der Waals surface area contributed by atoms with Gasteiger partial charge in [0, 0.05) is 26.2 Å². The third-order valence-electron chi connectivity index (χ3n) is 6.02. The largest absolute Gasteiger partial charge is 0.342 e. The summed E-state index contributed by atoms with van der Waals surface area (Å²) in [6.45, 7) is 4.20. The van der Waals surface area contributed by atoms with Gasteiger partial charge in [0.1, 0.15) is 5.82 Å². The lowest BCUT2D eigenvalue weighted by molar-refractivity contribution is -0.141. The van der Waals surface area contributed by atoms with E-state index in [0.29, 0.717) is 31.3 Å². The van der Waals surface area contributed by atoms with Crippen molar-refractivity contribution >= 4 is 11.8 Å². The third kappa shape index (κ3) is 4.68. The highest BCUT2D eigenvalue weighted by atomic mass is 19.1. The van der Waals surface area contributed by atoms with Gasteiger partial charge in [-0.3, -0.25) is 9.59 Å². The fraction of sp³-hybridized carbons (Fsp3) is 0.545. The first-order valence-electron chi connectivity index (χ1n) is 10.6. The molecule has 2 aromatic rings. The van der Waals surface area contributed by atoms with Crippen molar-refractivity contribution in [2.45, 2.75) is 44.9 Å². The van der Waals surface area contributed by atoms with Gasteiger partial charge in [-0.05, 0) is 50.3 Å². The Hall–Kier alpha value is -2.77. The molecule has 2 aliphatic rings. The third-order valence-corrected chi connectivity index (χ3v) is 6.02. The first kappa shape index (κ1) is 20.5. The molecule has 30 heavy (non-hydrogen) atoms. The van der Waals surface area contributed by atoms with Crippen molar-refractivity contribution in [3.05, 3.63) is 47.4 Å². The maximum Gasteiger partial charge on any atom is 0.231 e. The highest BCUT2D eigenvalue weighted by Crippen LogP contribution is 2.28. The second kappa shape index (κ2) is 8.93. The molecule has 2 amide bonds. The number of piperidine rings is 2. The molecule has 1 aromatic heterocycles. The standard InChI is InChI=1S/C22H27FN4O3/c1-15-24-21(30-25-15)17-4-2-11-27(13-17)22(29)18-5-3-10-26(14-18)20(28)12-16-6-8-19(23)9-7-16/h6-9,17-18H,2-5,10-14H2,1H3/t17-,18+/m0/s1. The Bertz CT molecular complexity index is 898. The van der Waals surface area contributed by atoms with Crippen LogP contribution in [-0.2, 0) is 16.0 Å². The van der Waals surface area contributed by atoms with Gasteiger partial charge in [0.2, 0.25) is 17.7 Å². The van der Waals surface area contributed by atoms with E-state index in [-0.39, 0.29) is 35.9 Å². The predicted octanol–water partition coefficient (Wildman–Crippen LogP) is 2.70. The molecule has 0 radical (unpaired) electrons. The zero-order chi connectivity index (χ0) is 21.1. The maximum atomic E-state index is 13.2. The van der Waals surface area contributed by atoms with E-state index in [0.717, 1.165) is 37.8 Å². The van der Waals surface area contributed by atoms with Crippen LogP contribution in [0.2, 0.25) is 0 Å². The van der Waals surface area contributed by atoms with Gasteiger partial charge in [-0.25, -0.2) is 4.39 Å². The summed E-state index contributed by atoms with van der Waals surface area (Å²) in [7, 11) is 0. The molecule has 0 aliphatic carbocycles. The number of aromatic nitrogens is 2. The Kier molecular flexibility index (Phi) is 6.11. The van der Waals surface area contributed by atoms with Crippen molar-refractivity contribution in [2.75, 3.05) is 26.2 Å². The van der Waals surface area contributed by atoms with Crippen LogP contribution >= 0.6 is 0 Å². The van der Waals surface area contributed by atoms with Crippen molar-refractivity contribution < 1.29 is 18.5 Å². The number of benzene rings is 1. The van der Waals surface area contributed by atoms with Crippen LogP contribution in [0.15, 0.2) is 28.8 Å². The summed E-state index contributed by atoms with van der Waals surface area (Å²) in [5.41, 5.74) is 0.781. The Morgan fingerprint density at radius 1 is 1.10 bits per heavy atom. The average molecular weight is 414 g/mol. The summed E-state index contributed by atoms with van der Waals surface area (Å²) in [4.78, 5) is 33.9. The number of likely N-dealkylation sites (tertiary alicyclic amines) is 2. The maximum absolute atomic E-state index is 13.2. The minimum Gasteiger partial charge on any atom is -0.342 e. The molecule has 2 atom stereocenters. The van der Waals surface area contributed by atoms with Gasteiger partial charge in [0.05, 0.1) is 18.3 Å². The molecule has 0 saturated carbocycles. The molecule has 1 aromatic carbocycles. The number of hydrogen-bond acceptors (Lipinski definition) is 5. The van der Waals surface area contributed by atoms with Crippen molar-refractivity contribution in [1.82, 2.24) is 19.9 Å². The number of amides is 2. The van der Waals surface area contributed by atoms with E-state index in [1.165, 1.54) is 12.1 Å². The number of aryl methyl sites for hydroxylation is 1. The number of nitrogens with zero attached hydrogens (tertiary/aromatic N) is 4. The van der Waals surface area contributed by atoms with Crippen LogP contribution in [0.5, 0.6) is 0 Å². The molecule has 3 heterocycles. The van der Waals surface area contributed by atoms with Gasteiger partial charge < -0.3 is 14.3 Å². The molecule has 8 heteroatoms. The predicted molar refractivity (Wildman–Crippen MR) is 107 cm³/mol. The Morgan fingerprint density at radius 2 is 1.83 bits per heavy atom. The summed E-state index contributed by atoms with van der Waals surface area (Å²) >= 11 is 0. The average Bonchev–Trinajstić information content (AvgIpc) is 3.21. The smallest absolute Gasteiger partial charge is 0.231 e. The van der Waals surface area contributed by atoms with E-state index in [1.54, 1.807) is 24.0 Å². The molecule has 160 valence electrons. The Balaban J connectivity index is 1.35. The molecule has 0 bridgehead atoms. The van der Waals surface area contributed by atoms with E-state index in [2.05, 4.69) is 10.1 Å². The SMILES string of the molecule is Cc1noc([C@H]2CCCN(C(=O)[C@@H]3CCCN(C(=O)Cc4ccc(F)cc4)C3)C2)n1. The van der Waals surface area contributed by atoms with Crippen LogP contribution in [0, 0.1) is 18.7 Å². The minimum absolute atomic E-state index is 0.0167. The van der Waals surface area contributed by atoms with Gasteiger partial charge in [-0.1, -0.05) is 17.3 Å². The van der Waals surface area contributed by atoms with Gasteiger partial charge in [-0.2, -0.15) is 4.98 Å². The number of hydrogen-bond donors (Lipinski definition) is 0. The summed E-state index contributed by atoms with van der Waals surface area (Å²) in [6, 6.07) is 5.99. The zero-order valence-corrected chi connectivity index (χ0v) is 17.2. The van der Waals surface area contributed by atoms with E-state index >= 15 is 0 Å². The Morgan fingerprint density at radius 3 is 2.57 bits per heavy atom. The lowest BCUT2D eigenvalue weighted by Gasteiger charge is -2.37. The second-order valence-corrected chi connectivity index (χ2v) is 8.29. The zero-order valence-electron chi connectivity index (χ0n) is 17.2. The first-order chi connectivity index (χ1) is 14.5. The van der Waals surface area contributed by atoms with Crippen molar-refractivity contribution in [2.24, 2.45) is 5.92 Å². The van der Waals surface area contributed by atoms with Gasteiger partial charge >= 0.3 is 0 Å². The van der Waals surface area contributed by atoms with E-state index in [4.69, 9.17) is 4.52 Å². The van der Waals surface area contributed by atoms with Crippen LogP contribution in [0.3, 0.4) is 0 Å². The minimum atomic E-state index is -0.314. The van der Waals surface area contributed by atoms with Crippen LogP contribution in [0.4, 0.5) is 4.39 Å². The van der Waals surface area contributed by atoms with E-state index in [1.807, 2.05) is 4.90 Å². The molecule has 2 saturated heterocycles. The fourth-order valence-corrected chi connectivity index (χ4v) is 4.41. The van der Waals surface area contributed by atoms with Crippen LogP contribution in [-0.4, -0.2) is 57.9 Å². The molecule has 2 aliphatic heterocycles. The number of rotatable bonds is 4. The molecular weight excluding hydrogens is 387 g/mol. The molecule has 0 spiro atoms. The summed E-state index contributed by atoms with van der Waals surface area (Å²) in [5, 5.41) is 3.87. The number of carbonyl (C=O) groups is 2. The second-order valence-electron chi connectivity index (χ2n) is 8.29. The summed E-state index contributed by atoms with van der Waals surface area (Å²) in [5.74, 6) is 0.876. The Labute approximate surface area is 175 Å². The molecule has 7 nitrogen and oxygen atoms in total.